The SMILES string of the molecule is CC(Cc1ccc2c(c1)CCO2)NC(=O)c1cccc(C#N)c1. The van der Waals surface area contributed by atoms with Crippen LogP contribution >= 0.6 is 0 Å². The van der Waals surface area contributed by atoms with Crippen LogP contribution in [-0.4, -0.2) is 18.6 Å². The number of ether oxygens (including phenoxy) is 1. The molecule has 1 amide bonds. The predicted molar refractivity (Wildman–Crippen MR) is 87.4 cm³/mol. The summed E-state index contributed by atoms with van der Waals surface area (Å²) in [5, 5.41) is 11.9. The summed E-state index contributed by atoms with van der Waals surface area (Å²) in [6.07, 6.45) is 1.71. The summed E-state index contributed by atoms with van der Waals surface area (Å²) < 4.78 is 5.51. The summed E-state index contributed by atoms with van der Waals surface area (Å²) in [6, 6.07) is 15.0. The standard InChI is InChI=1S/C19H18N2O2/c1-13(9-14-5-6-18-16(10-14)7-8-23-18)21-19(22)17-4-2-3-15(11-17)12-20/h2-6,10-11,13H,7-9H2,1H3,(H,21,22). The molecular formula is C19H18N2O2. The molecule has 1 atom stereocenters. The zero-order valence-corrected chi connectivity index (χ0v) is 13.0. The summed E-state index contributed by atoms with van der Waals surface area (Å²) in [4.78, 5) is 12.3. The Kier molecular flexibility index (Phi) is 4.29. The van der Waals surface area contributed by atoms with Crippen molar-refractivity contribution in [2.75, 3.05) is 6.61 Å². The van der Waals surface area contributed by atoms with E-state index in [1.807, 2.05) is 25.1 Å². The maximum Gasteiger partial charge on any atom is 0.251 e. The van der Waals surface area contributed by atoms with Crippen molar-refractivity contribution in [3.05, 3.63) is 64.7 Å². The van der Waals surface area contributed by atoms with Gasteiger partial charge in [-0.05, 0) is 48.7 Å². The van der Waals surface area contributed by atoms with Crippen LogP contribution in [0, 0.1) is 11.3 Å². The highest BCUT2D eigenvalue weighted by Gasteiger charge is 2.14. The van der Waals surface area contributed by atoms with Gasteiger partial charge in [-0.15, -0.1) is 0 Å². The highest BCUT2D eigenvalue weighted by atomic mass is 16.5. The van der Waals surface area contributed by atoms with Crippen molar-refractivity contribution in [1.29, 1.82) is 5.26 Å². The number of hydrogen-bond donors (Lipinski definition) is 1. The van der Waals surface area contributed by atoms with E-state index in [1.165, 1.54) is 11.1 Å². The van der Waals surface area contributed by atoms with Gasteiger partial charge in [0.1, 0.15) is 5.75 Å². The quantitative estimate of drug-likeness (QED) is 0.944. The highest BCUT2D eigenvalue weighted by molar-refractivity contribution is 5.94. The number of nitriles is 1. The van der Waals surface area contributed by atoms with Crippen LogP contribution in [0.1, 0.15) is 34.0 Å². The van der Waals surface area contributed by atoms with Crippen molar-refractivity contribution in [1.82, 2.24) is 5.32 Å². The first-order valence-electron chi connectivity index (χ1n) is 7.71. The Morgan fingerprint density at radius 3 is 3.04 bits per heavy atom. The molecular weight excluding hydrogens is 288 g/mol. The van der Waals surface area contributed by atoms with Crippen molar-refractivity contribution in [2.24, 2.45) is 0 Å². The molecule has 23 heavy (non-hydrogen) atoms. The van der Waals surface area contributed by atoms with Crippen molar-refractivity contribution in [2.45, 2.75) is 25.8 Å². The summed E-state index contributed by atoms with van der Waals surface area (Å²) in [7, 11) is 0. The van der Waals surface area contributed by atoms with E-state index in [2.05, 4.69) is 11.4 Å². The molecule has 0 saturated carbocycles. The Hall–Kier alpha value is -2.80. The van der Waals surface area contributed by atoms with Crippen LogP contribution in [0.15, 0.2) is 42.5 Å². The maximum absolute atomic E-state index is 12.3. The van der Waals surface area contributed by atoms with Gasteiger partial charge in [0.25, 0.3) is 5.91 Å². The maximum atomic E-state index is 12.3. The van der Waals surface area contributed by atoms with Gasteiger partial charge in [0.05, 0.1) is 18.2 Å². The Morgan fingerprint density at radius 2 is 2.22 bits per heavy atom. The topological polar surface area (TPSA) is 62.1 Å². The Labute approximate surface area is 135 Å². The van der Waals surface area contributed by atoms with E-state index in [1.54, 1.807) is 24.3 Å². The average Bonchev–Trinajstić information content (AvgIpc) is 3.02. The van der Waals surface area contributed by atoms with Gasteiger partial charge in [-0.3, -0.25) is 4.79 Å². The van der Waals surface area contributed by atoms with Crippen LogP contribution < -0.4 is 10.1 Å². The van der Waals surface area contributed by atoms with Gasteiger partial charge < -0.3 is 10.1 Å². The molecule has 0 spiro atoms. The van der Waals surface area contributed by atoms with Gasteiger partial charge >= 0.3 is 0 Å². The summed E-state index contributed by atoms with van der Waals surface area (Å²) in [5.74, 6) is 0.817. The second-order valence-corrected chi connectivity index (χ2v) is 5.81. The van der Waals surface area contributed by atoms with Gasteiger partial charge in [-0.2, -0.15) is 5.26 Å². The number of fused-ring (bicyclic) bond motifs is 1. The molecule has 0 aromatic heterocycles. The minimum absolute atomic E-state index is 0.00798. The van der Waals surface area contributed by atoms with E-state index in [9.17, 15) is 4.79 Å². The monoisotopic (exact) mass is 306 g/mol. The molecule has 0 saturated heterocycles. The zero-order chi connectivity index (χ0) is 16.2. The molecule has 1 unspecified atom stereocenters. The van der Waals surface area contributed by atoms with E-state index in [-0.39, 0.29) is 11.9 Å². The minimum Gasteiger partial charge on any atom is -0.493 e. The lowest BCUT2D eigenvalue weighted by Crippen LogP contribution is -2.34. The lowest BCUT2D eigenvalue weighted by Gasteiger charge is -2.14. The average molecular weight is 306 g/mol. The first-order valence-corrected chi connectivity index (χ1v) is 7.71. The lowest BCUT2D eigenvalue weighted by molar-refractivity contribution is 0.0940. The smallest absolute Gasteiger partial charge is 0.251 e. The molecule has 2 aromatic carbocycles. The molecule has 116 valence electrons. The van der Waals surface area contributed by atoms with Gasteiger partial charge in [-0.25, -0.2) is 0 Å². The number of nitrogens with one attached hydrogen (secondary N) is 1. The Balaban J connectivity index is 1.63. The summed E-state index contributed by atoms with van der Waals surface area (Å²) >= 11 is 0. The number of rotatable bonds is 4. The van der Waals surface area contributed by atoms with Crippen molar-refractivity contribution >= 4 is 5.91 Å². The fraction of sp³-hybridized carbons (Fsp3) is 0.263. The molecule has 1 aliphatic heterocycles. The number of amides is 1. The molecule has 0 fully saturated rings. The molecule has 1 N–H and O–H groups in total. The van der Waals surface area contributed by atoms with E-state index in [4.69, 9.17) is 10.00 Å². The van der Waals surface area contributed by atoms with Gasteiger partial charge in [0, 0.05) is 18.0 Å². The van der Waals surface area contributed by atoms with Crippen LogP contribution in [0.4, 0.5) is 0 Å². The molecule has 0 aliphatic carbocycles. The van der Waals surface area contributed by atoms with Gasteiger partial charge in [0.2, 0.25) is 0 Å². The first-order chi connectivity index (χ1) is 11.2. The van der Waals surface area contributed by atoms with Crippen LogP contribution in [-0.2, 0) is 12.8 Å². The first kappa shape index (κ1) is 15.1. The molecule has 0 radical (unpaired) electrons. The lowest BCUT2D eigenvalue weighted by atomic mass is 10.0. The van der Waals surface area contributed by atoms with E-state index in [0.29, 0.717) is 11.1 Å². The molecule has 1 aliphatic rings. The molecule has 3 rings (SSSR count). The molecule has 4 nitrogen and oxygen atoms in total. The normalized spacial score (nSPS) is 13.6. The number of nitrogens with zero attached hydrogens (tertiary/aromatic N) is 1. The fourth-order valence-corrected chi connectivity index (χ4v) is 2.81. The number of carbonyl (C=O) groups excluding carboxylic acids is 1. The Bertz CT molecular complexity index is 777. The third kappa shape index (κ3) is 3.51. The van der Waals surface area contributed by atoms with E-state index < -0.39 is 0 Å². The number of carbonyl (C=O) groups is 1. The minimum atomic E-state index is -0.154. The Morgan fingerprint density at radius 1 is 1.35 bits per heavy atom. The van der Waals surface area contributed by atoms with E-state index >= 15 is 0 Å². The van der Waals surface area contributed by atoms with Crippen molar-refractivity contribution in [3.63, 3.8) is 0 Å². The third-order valence-corrected chi connectivity index (χ3v) is 3.93. The number of hydrogen-bond acceptors (Lipinski definition) is 3. The fourth-order valence-electron chi connectivity index (χ4n) is 2.81. The van der Waals surface area contributed by atoms with Crippen LogP contribution in [0.25, 0.3) is 0 Å². The van der Waals surface area contributed by atoms with Gasteiger partial charge in [0.15, 0.2) is 0 Å². The van der Waals surface area contributed by atoms with Crippen LogP contribution in [0.2, 0.25) is 0 Å². The van der Waals surface area contributed by atoms with Crippen LogP contribution in [0.5, 0.6) is 5.75 Å². The highest BCUT2D eigenvalue weighted by Crippen LogP contribution is 2.26. The molecule has 2 aromatic rings. The predicted octanol–water partition coefficient (Wildman–Crippen LogP) is 2.85. The van der Waals surface area contributed by atoms with Crippen LogP contribution in [0.3, 0.4) is 0 Å². The second kappa shape index (κ2) is 6.53. The van der Waals surface area contributed by atoms with Crippen molar-refractivity contribution in [3.8, 4) is 11.8 Å². The largest absolute Gasteiger partial charge is 0.493 e. The third-order valence-electron chi connectivity index (χ3n) is 3.93. The summed E-state index contributed by atoms with van der Waals surface area (Å²) in [6.45, 7) is 2.73. The summed E-state index contributed by atoms with van der Waals surface area (Å²) in [5.41, 5.74) is 3.43. The van der Waals surface area contributed by atoms with Gasteiger partial charge in [-0.1, -0.05) is 18.2 Å². The second-order valence-electron chi connectivity index (χ2n) is 5.81. The molecule has 1 heterocycles. The van der Waals surface area contributed by atoms with Crippen molar-refractivity contribution < 1.29 is 9.53 Å². The number of benzene rings is 2. The zero-order valence-electron chi connectivity index (χ0n) is 13.0. The molecule has 0 bridgehead atoms. The molecule has 4 heteroatoms. The van der Waals surface area contributed by atoms with E-state index in [0.717, 1.165) is 25.2 Å².